The van der Waals surface area contributed by atoms with Gasteiger partial charge in [0.25, 0.3) is 0 Å². The molecule has 0 unspecified atom stereocenters. The summed E-state index contributed by atoms with van der Waals surface area (Å²) in [6.07, 6.45) is 0. The van der Waals surface area contributed by atoms with E-state index in [0.717, 1.165) is 11.5 Å². The third-order valence-corrected chi connectivity index (χ3v) is 5.95. The van der Waals surface area contributed by atoms with Crippen molar-refractivity contribution in [1.82, 2.24) is 0 Å². The Kier molecular flexibility index (Phi) is 2.68. The highest BCUT2D eigenvalue weighted by atomic mass is 16.5. The van der Waals surface area contributed by atoms with Crippen LogP contribution in [0.3, 0.4) is 0 Å². The van der Waals surface area contributed by atoms with Gasteiger partial charge in [-0.2, -0.15) is 0 Å². The molecule has 1 heteroatoms. The molecule has 0 fully saturated rings. The Morgan fingerprint density at radius 1 is 0.593 bits per heavy atom. The number of hydrogen-bond donors (Lipinski definition) is 0. The lowest BCUT2D eigenvalue weighted by molar-refractivity contribution is 0.483. The minimum absolute atomic E-state index is 0.0990. The molecule has 0 radical (unpaired) electrons. The summed E-state index contributed by atoms with van der Waals surface area (Å²) in [6.45, 7) is 6.73. The molecule has 0 aliphatic carbocycles. The van der Waals surface area contributed by atoms with Gasteiger partial charge in [0.05, 0.1) is 0 Å². The van der Waals surface area contributed by atoms with Crippen molar-refractivity contribution in [2.45, 2.75) is 26.2 Å². The summed E-state index contributed by atoms with van der Waals surface area (Å²) < 4.78 is 6.49. The second kappa shape index (κ2) is 4.80. The molecule has 0 bridgehead atoms. The second-order valence-electron chi connectivity index (χ2n) is 8.67. The Hall–Kier alpha value is -3.06. The average Bonchev–Trinajstić information content (AvgIpc) is 2.66. The van der Waals surface area contributed by atoms with Crippen molar-refractivity contribution < 1.29 is 4.74 Å². The molecular weight excluding hydrogens is 328 g/mol. The molecule has 1 aliphatic heterocycles. The van der Waals surface area contributed by atoms with Gasteiger partial charge in [-0.25, -0.2) is 0 Å². The quantitative estimate of drug-likeness (QED) is 0.256. The summed E-state index contributed by atoms with van der Waals surface area (Å²) in [5.41, 5.74) is 3.86. The highest BCUT2D eigenvalue weighted by Gasteiger charge is 2.25. The van der Waals surface area contributed by atoms with Gasteiger partial charge in [-0.3, -0.25) is 0 Å². The van der Waals surface area contributed by atoms with Crippen LogP contribution in [0.25, 0.3) is 43.4 Å². The van der Waals surface area contributed by atoms with E-state index < -0.39 is 0 Å². The van der Waals surface area contributed by atoms with Gasteiger partial charge in [0.1, 0.15) is 11.5 Å². The smallest absolute Gasteiger partial charge is 0.136 e. The fourth-order valence-electron chi connectivity index (χ4n) is 4.53. The van der Waals surface area contributed by atoms with Crippen LogP contribution in [0.5, 0.6) is 11.5 Å². The predicted octanol–water partition coefficient (Wildman–Crippen LogP) is 7.65. The van der Waals surface area contributed by atoms with Crippen LogP contribution < -0.4 is 4.74 Å². The van der Waals surface area contributed by atoms with Crippen LogP contribution in [-0.4, -0.2) is 0 Å². The van der Waals surface area contributed by atoms with Crippen LogP contribution in [0.1, 0.15) is 26.3 Å². The first-order chi connectivity index (χ1) is 13.0. The van der Waals surface area contributed by atoms with Gasteiger partial charge in [-0.1, -0.05) is 75.4 Å². The average molecular weight is 348 g/mol. The lowest BCUT2D eigenvalue weighted by atomic mass is 9.84. The molecular formula is C26H20O. The molecule has 0 amide bonds. The van der Waals surface area contributed by atoms with Crippen molar-refractivity contribution in [3.8, 4) is 22.6 Å². The summed E-state index contributed by atoms with van der Waals surface area (Å²) in [6, 6.07) is 24.4. The van der Waals surface area contributed by atoms with Gasteiger partial charge in [0.15, 0.2) is 0 Å². The Morgan fingerprint density at radius 2 is 1.30 bits per heavy atom. The van der Waals surface area contributed by atoms with Crippen molar-refractivity contribution in [2.75, 3.05) is 0 Å². The molecule has 6 rings (SSSR count). The third-order valence-electron chi connectivity index (χ3n) is 5.95. The van der Waals surface area contributed by atoms with Crippen molar-refractivity contribution in [3.63, 3.8) is 0 Å². The Labute approximate surface area is 158 Å². The fourth-order valence-corrected chi connectivity index (χ4v) is 4.53. The van der Waals surface area contributed by atoms with E-state index in [-0.39, 0.29) is 5.41 Å². The van der Waals surface area contributed by atoms with Crippen molar-refractivity contribution >= 4 is 32.3 Å². The molecule has 1 heterocycles. The minimum atomic E-state index is 0.0990. The van der Waals surface area contributed by atoms with E-state index in [4.69, 9.17) is 4.74 Å². The van der Waals surface area contributed by atoms with Crippen molar-refractivity contribution in [1.29, 1.82) is 0 Å². The Bertz CT molecular complexity index is 1370. The molecule has 0 saturated heterocycles. The zero-order chi connectivity index (χ0) is 18.3. The van der Waals surface area contributed by atoms with Crippen LogP contribution in [0.4, 0.5) is 0 Å². The lowest BCUT2D eigenvalue weighted by Gasteiger charge is -2.26. The summed E-state index contributed by atoms with van der Waals surface area (Å²) in [5.74, 6) is 1.94. The first-order valence-corrected chi connectivity index (χ1v) is 9.54. The van der Waals surface area contributed by atoms with Crippen molar-refractivity contribution in [3.05, 3.63) is 72.3 Å². The van der Waals surface area contributed by atoms with Crippen LogP contribution >= 0.6 is 0 Å². The van der Waals surface area contributed by atoms with Gasteiger partial charge in [-0.15, -0.1) is 0 Å². The summed E-state index contributed by atoms with van der Waals surface area (Å²) in [5, 5.41) is 7.72. The zero-order valence-electron chi connectivity index (χ0n) is 15.8. The largest absolute Gasteiger partial charge is 0.456 e. The number of ether oxygens (including phenoxy) is 1. The number of hydrogen-bond acceptors (Lipinski definition) is 1. The van der Waals surface area contributed by atoms with E-state index in [0.29, 0.717) is 0 Å². The predicted molar refractivity (Wildman–Crippen MR) is 114 cm³/mol. The van der Waals surface area contributed by atoms with E-state index in [9.17, 15) is 0 Å². The molecule has 0 spiro atoms. The topological polar surface area (TPSA) is 9.23 Å². The molecule has 5 aromatic carbocycles. The molecule has 27 heavy (non-hydrogen) atoms. The molecule has 0 saturated carbocycles. The maximum absolute atomic E-state index is 6.49. The maximum Gasteiger partial charge on any atom is 0.136 e. The summed E-state index contributed by atoms with van der Waals surface area (Å²) in [4.78, 5) is 0. The van der Waals surface area contributed by atoms with Gasteiger partial charge < -0.3 is 4.74 Å². The molecule has 0 aromatic heterocycles. The normalized spacial score (nSPS) is 13.3. The van der Waals surface area contributed by atoms with Crippen LogP contribution in [0, 0.1) is 0 Å². The van der Waals surface area contributed by atoms with Gasteiger partial charge in [0.2, 0.25) is 0 Å². The van der Waals surface area contributed by atoms with E-state index in [1.54, 1.807) is 0 Å². The van der Waals surface area contributed by atoms with Crippen LogP contribution in [0.15, 0.2) is 66.7 Å². The lowest BCUT2D eigenvalue weighted by Crippen LogP contribution is -2.11. The molecule has 5 aromatic rings. The highest BCUT2D eigenvalue weighted by Crippen LogP contribution is 2.51. The molecule has 1 nitrogen and oxygen atoms in total. The van der Waals surface area contributed by atoms with E-state index in [2.05, 4.69) is 87.5 Å². The standard InChI is InChI=1S/C26H20O/c1-26(2,3)18-10-12-19-20-11-9-16-8-7-15-5-4-6-17-13-22(27-21(19)14-18)25(20)24(16)23(15)17/h4-14H,1-3H3. The Morgan fingerprint density at radius 3 is 2.11 bits per heavy atom. The summed E-state index contributed by atoms with van der Waals surface area (Å²) in [7, 11) is 0. The zero-order valence-corrected chi connectivity index (χ0v) is 15.8. The first kappa shape index (κ1) is 15.0. The monoisotopic (exact) mass is 348 g/mol. The highest BCUT2D eigenvalue weighted by molar-refractivity contribution is 6.27. The van der Waals surface area contributed by atoms with Gasteiger partial charge >= 0.3 is 0 Å². The van der Waals surface area contributed by atoms with Crippen LogP contribution in [0.2, 0.25) is 0 Å². The number of rotatable bonds is 0. The fraction of sp³-hybridized carbons (Fsp3) is 0.154. The molecule has 0 atom stereocenters. The molecule has 130 valence electrons. The second-order valence-corrected chi connectivity index (χ2v) is 8.67. The molecule has 0 N–H and O–H groups in total. The molecule has 1 aliphatic rings. The Balaban J connectivity index is 1.77. The van der Waals surface area contributed by atoms with E-state index in [1.165, 1.54) is 49.0 Å². The van der Waals surface area contributed by atoms with E-state index in [1.807, 2.05) is 0 Å². The van der Waals surface area contributed by atoms with Gasteiger partial charge in [-0.05, 0) is 50.2 Å². The number of benzene rings is 5. The third kappa shape index (κ3) is 1.94. The summed E-state index contributed by atoms with van der Waals surface area (Å²) >= 11 is 0. The van der Waals surface area contributed by atoms with Crippen molar-refractivity contribution in [2.24, 2.45) is 0 Å². The SMILES string of the molecule is CC(C)(C)c1ccc2c(c1)Oc1cc3cccc4ccc5ccc-2c1c5c43. The maximum atomic E-state index is 6.49. The minimum Gasteiger partial charge on any atom is -0.456 e. The van der Waals surface area contributed by atoms with Crippen LogP contribution in [-0.2, 0) is 5.41 Å². The number of fused-ring (bicyclic) bond motifs is 2. The van der Waals surface area contributed by atoms with E-state index >= 15 is 0 Å². The van der Waals surface area contributed by atoms with Gasteiger partial charge in [0, 0.05) is 16.3 Å². The first-order valence-electron chi connectivity index (χ1n) is 9.54.